The van der Waals surface area contributed by atoms with Crippen LogP contribution in [-0.2, 0) is 19.0 Å². The van der Waals surface area contributed by atoms with Crippen molar-refractivity contribution in [1.29, 1.82) is 0 Å². The highest BCUT2D eigenvalue weighted by atomic mass is 16.7. The minimum Gasteiger partial charge on any atom is -0.375 e. The molecule has 3 aliphatic rings. The summed E-state index contributed by atoms with van der Waals surface area (Å²) in [6, 6.07) is 3.21. The lowest BCUT2D eigenvalue weighted by molar-refractivity contribution is -0.182. The number of allylic oxidation sites excluding steroid dienone is 2. The molecule has 0 bridgehead atoms. The molecule has 1 aromatic heterocycles. The second kappa shape index (κ2) is 7.66. The van der Waals surface area contributed by atoms with E-state index in [1.165, 1.54) is 25.3 Å². The smallest absolute Gasteiger partial charge is 0.252 e. The van der Waals surface area contributed by atoms with Gasteiger partial charge in [-0.2, -0.15) is 0 Å². The second-order valence-electron chi connectivity index (χ2n) is 7.24. The van der Waals surface area contributed by atoms with Crippen molar-refractivity contribution in [2.75, 3.05) is 47.1 Å². The van der Waals surface area contributed by atoms with Gasteiger partial charge >= 0.3 is 0 Å². The Kier molecular flexibility index (Phi) is 5.20. The number of hydrogen-bond acceptors (Lipinski definition) is 8. The number of carbonyl (C=O) groups is 3. The van der Waals surface area contributed by atoms with Crippen molar-refractivity contribution in [2.45, 2.75) is 18.6 Å². The van der Waals surface area contributed by atoms with Crippen LogP contribution in [-0.4, -0.2) is 85.1 Å². The van der Waals surface area contributed by atoms with Gasteiger partial charge in [-0.25, -0.2) is 0 Å². The number of nitrogens with zero attached hydrogens (tertiary/aromatic N) is 3. The average Bonchev–Trinajstić information content (AvgIpc) is 3.19. The molecule has 1 spiro atoms. The molecule has 1 amide bonds. The minimum absolute atomic E-state index is 0.0347. The summed E-state index contributed by atoms with van der Waals surface area (Å²) in [5, 5.41) is 0. The van der Waals surface area contributed by atoms with Crippen LogP contribution in [0.3, 0.4) is 0 Å². The number of rotatable bonds is 4. The highest BCUT2D eigenvalue weighted by Crippen LogP contribution is 2.36. The monoisotopic (exact) mass is 401 g/mol. The summed E-state index contributed by atoms with van der Waals surface area (Å²) in [7, 11) is 2.88. The quantitative estimate of drug-likeness (QED) is 0.724. The molecule has 2 fully saturated rings. The number of likely N-dealkylation sites (N-methyl/N-ethyl adjacent to an activating group) is 1. The molecule has 4 rings (SSSR count). The van der Waals surface area contributed by atoms with E-state index in [4.69, 9.17) is 14.2 Å². The SMILES string of the molecule is COCC(=O)N(C)C1=C(N2CCC3(CC2)OCCO3)C(=O)c2cccnc2C1=O. The molecular weight excluding hydrogens is 378 g/mol. The number of amides is 1. The summed E-state index contributed by atoms with van der Waals surface area (Å²) in [5.41, 5.74) is 0.560. The molecule has 0 unspecified atom stereocenters. The molecule has 0 aromatic carbocycles. The molecule has 3 heterocycles. The average molecular weight is 401 g/mol. The zero-order chi connectivity index (χ0) is 20.6. The van der Waals surface area contributed by atoms with E-state index < -0.39 is 17.5 Å². The number of methoxy groups -OCH3 is 1. The molecule has 0 saturated carbocycles. The third-order valence-electron chi connectivity index (χ3n) is 5.55. The van der Waals surface area contributed by atoms with Gasteiger partial charge in [0.2, 0.25) is 11.6 Å². The number of piperidine rings is 1. The van der Waals surface area contributed by atoms with Crippen molar-refractivity contribution in [2.24, 2.45) is 0 Å². The Morgan fingerprint density at radius 3 is 2.59 bits per heavy atom. The number of Topliss-reactive ketones (excluding diaryl/α,β-unsaturated/α-hetero) is 2. The van der Waals surface area contributed by atoms with E-state index in [2.05, 4.69) is 4.98 Å². The van der Waals surface area contributed by atoms with E-state index >= 15 is 0 Å². The summed E-state index contributed by atoms with van der Waals surface area (Å²) < 4.78 is 16.4. The van der Waals surface area contributed by atoms with E-state index in [0.717, 1.165) is 0 Å². The summed E-state index contributed by atoms with van der Waals surface area (Å²) in [6.45, 7) is 1.85. The van der Waals surface area contributed by atoms with Gasteiger partial charge in [-0.1, -0.05) is 0 Å². The topological polar surface area (TPSA) is 98.3 Å². The molecule has 0 radical (unpaired) electrons. The van der Waals surface area contributed by atoms with Crippen LogP contribution in [0, 0.1) is 0 Å². The van der Waals surface area contributed by atoms with Gasteiger partial charge in [-0.15, -0.1) is 0 Å². The van der Waals surface area contributed by atoms with Crippen molar-refractivity contribution >= 4 is 17.5 Å². The van der Waals surface area contributed by atoms with Crippen molar-refractivity contribution in [3.05, 3.63) is 41.0 Å². The van der Waals surface area contributed by atoms with Crippen molar-refractivity contribution in [1.82, 2.24) is 14.8 Å². The number of likely N-dealkylation sites (tertiary alicyclic amines) is 1. The van der Waals surface area contributed by atoms with Crippen molar-refractivity contribution < 1.29 is 28.6 Å². The van der Waals surface area contributed by atoms with Crippen LogP contribution in [0.25, 0.3) is 0 Å². The molecule has 154 valence electrons. The Balaban J connectivity index is 1.73. The summed E-state index contributed by atoms with van der Waals surface area (Å²) >= 11 is 0. The zero-order valence-electron chi connectivity index (χ0n) is 16.5. The Labute approximate surface area is 168 Å². The normalized spacial score (nSPS) is 21.0. The minimum atomic E-state index is -0.615. The molecule has 1 aliphatic carbocycles. The lowest BCUT2D eigenvalue weighted by atomic mass is 9.91. The maximum absolute atomic E-state index is 13.3. The van der Waals surface area contributed by atoms with Crippen molar-refractivity contribution in [3.63, 3.8) is 0 Å². The fourth-order valence-electron chi connectivity index (χ4n) is 4.03. The fraction of sp³-hybridized carbons (Fsp3) is 0.500. The van der Waals surface area contributed by atoms with Gasteiger partial charge in [-0.05, 0) is 12.1 Å². The molecule has 0 N–H and O–H groups in total. The zero-order valence-corrected chi connectivity index (χ0v) is 16.5. The van der Waals surface area contributed by atoms with Crippen LogP contribution < -0.4 is 0 Å². The fourth-order valence-corrected chi connectivity index (χ4v) is 4.03. The maximum atomic E-state index is 13.3. The van der Waals surface area contributed by atoms with Gasteiger partial charge in [-0.3, -0.25) is 19.4 Å². The molecule has 9 nitrogen and oxygen atoms in total. The van der Waals surface area contributed by atoms with E-state index in [1.54, 1.807) is 12.1 Å². The first kappa shape index (κ1) is 19.7. The number of hydrogen-bond donors (Lipinski definition) is 0. The molecule has 2 saturated heterocycles. The first-order valence-electron chi connectivity index (χ1n) is 9.54. The Hall–Kier alpha value is -2.62. The van der Waals surface area contributed by atoms with E-state index in [0.29, 0.717) is 39.1 Å². The third kappa shape index (κ3) is 3.35. The first-order chi connectivity index (χ1) is 14.0. The van der Waals surface area contributed by atoms with Crippen LogP contribution in [0.2, 0.25) is 0 Å². The third-order valence-corrected chi connectivity index (χ3v) is 5.55. The number of aromatic nitrogens is 1. The standard InChI is InChI=1S/C20H23N3O6/c1-22(14(24)12-27-2)16-17(18(25)13-4-3-7-21-15(13)19(16)26)23-8-5-20(6-9-23)28-10-11-29-20/h3-4,7H,5-6,8-12H2,1-2H3. The lowest BCUT2D eigenvalue weighted by Crippen LogP contribution is -2.48. The molecule has 1 aromatic rings. The second-order valence-corrected chi connectivity index (χ2v) is 7.24. The van der Waals surface area contributed by atoms with E-state index in [1.807, 2.05) is 4.90 Å². The Morgan fingerprint density at radius 1 is 1.24 bits per heavy atom. The molecule has 29 heavy (non-hydrogen) atoms. The van der Waals surface area contributed by atoms with Gasteiger partial charge in [0.1, 0.15) is 23.7 Å². The summed E-state index contributed by atoms with van der Waals surface area (Å²) in [4.78, 5) is 46.2. The van der Waals surface area contributed by atoms with E-state index in [-0.39, 0.29) is 35.0 Å². The van der Waals surface area contributed by atoms with Gasteiger partial charge in [0.25, 0.3) is 5.91 Å². The maximum Gasteiger partial charge on any atom is 0.252 e. The molecule has 0 atom stereocenters. The first-order valence-corrected chi connectivity index (χ1v) is 9.54. The van der Waals surface area contributed by atoms with Gasteiger partial charge in [0, 0.05) is 46.3 Å². The summed E-state index contributed by atoms with van der Waals surface area (Å²) in [6.07, 6.45) is 2.60. The number of pyridine rings is 1. The number of ketones is 2. The number of ether oxygens (including phenoxy) is 3. The summed E-state index contributed by atoms with van der Waals surface area (Å²) in [5.74, 6) is -1.80. The van der Waals surface area contributed by atoms with Gasteiger partial charge in [0.05, 0.1) is 18.8 Å². The predicted octanol–water partition coefficient (Wildman–Crippen LogP) is 0.616. The van der Waals surface area contributed by atoms with Gasteiger partial charge in [0.15, 0.2) is 5.79 Å². The molecular formula is C20H23N3O6. The van der Waals surface area contributed by atoms with Crippen LogP contribution in [0.1, 0.15) is 33.7 Å². The van der Waals surface area contributed by atoms with Crippen LogP contribution in [0.5, 0.6) is 0 Å². The van der Waals surface area contributed by atoms with Crippen LogP contribution in [0.4, 0.5) is 0 Å². The largest absolute Gasteiger partial charge is 0.375 e. The van der Waals surface area contributed by atoms with Gasteiger partial charge < -0.3 is 24.0 Å². The van der Waals surface area contributed by atoms with Crippen molar-refractivity contribution in [3.8, 4) is 0 Å². The molecule has 2 aliphatic heterocycles. The number of fused-ring (bicyclic) bond motifs is 1. The lowest BCUT2D eigenvalue weighted by Gasteiger charge is -2.41. The number of carbonyl (C=O) groups excluding carboxylic acids is 3. The van der Waals surface area contributed by atoms with Crippen LogP contribution >= 0.6 is 0 Å². The van der Waals surface area contributed by atoms with E-state index in [9.17, 15) is 14.4 Å². The highest BCUT2D eigenvalue weighted by Gasteiger charge is 2.44. The Morgan fingerprint density at radius 2 is 1.93 bits per heavy atom. The molecule has 9 heteroatoms. The Bertz CT molecular complexity index is 880. The highest BCUT2D eigenvalue weighted by molar-refractivity contribution is 6.26. The van der Waals surface area contributed by atoms with Crippen LogP contribution in [0.15, 0.2) is 29.7 Å². The predicted molar refractivity (Wildman–Crippen MR) is 100 cm³/mol.